The van der Waals surface area contributed by atoms with Gasteiger partial charge in [-0.05, 0) is 23.5 Å². The second-order valence-corrected chi connectivity index (χ2v) is 9.52. The molecule has 1 aromatic carbocycles. The average Bonchev–Trinajstić information content (AvgIpc) is 3.17. The smallest absolute Gasteiger partial charge is 0.274 e. The van der Waals surface area contributed by atoms with E-state index in [1.807, 2.05) is 18.3 Å². The third kappa shape index (κ3) is 4.46. The van der Waals surface area contributed by atoms with Crippen molar-refractivity contribution in [1.29, 1.82) is 0 Å². The number of fused-ring (bicyclic) bond motifs is 1. The van der Waals surface area contributed by atoms with E-state index in [1.54, 1.807) is 6.20 Å². The number of ether oxygens (including phenoxy) is 1. The third-order valence-electron chi connectivity index (χ3n) is 6.13. The van der Waals surface area contributed by atoms with E-state index in [2.05, 4.69) is 56.4 Å². The summed E-state index contributed by atoms with van der Waals surface area (Å²) in [7, 11) is 0. The number of nitrogens with zero attached hydrogens (tertiary/aromatic N) is 4. The van der Waals surface area contributed by atoms with E-state index < -0.39 is 0 Å². The van der Waals surface area contributed by atoms with Crippen molar-refractivity contribution in [2.75, 3.05) is 32.0 Å². The summed E-state index contributed by atoms with van der Waals surface area (Å²) in [6.07, 6.45) is 4.52. The molecule has 5 rings (SSSR count). The van der Waals surface area contributed by atoms with Crippen LogP contribution in [0.25, 0.3) is 22.4 Å². The van der Waals surface area contributed by atoms with Crippen LogP contribution in [0.5, 0.6) is 0 Å². The highest BCUT2D eigenvalue weighted by molar-refractivity contribution is 5.97. The lowest BCUT2D eigenvalue weighted by molar-refractivity contribution is 0.0880. The van der Waals surface area contributed by atoms with Gasteiger partial charge in [-0.3, -0.25) is 9.48 Å². The Morgan fingerprint density at radius 1 is 1.30 bits per heavy atom. The Labute approximate surface area is 192 Å². The molecular formula is C24H29N7O2. The Morgan fingerprint density at radius 3 is 3.03 bits per heavy atom. The number of anilines is 1. The van der Waals surface area contributed by atoms with Gasteiger partial charge in [0.15, 0.2) is 11.5 Å². The van der Waals surface area contributed by atoms with Gasteiger partial charge < -0.3 is 21.1 Å². The van der Waals surface area contributed by atoms with Gasteiger partial charge in [-0.25, -0.2) is 9.97 Å². The highest BCUT2D eigenvalue weighted by Crippen LogP contribution is 2.37. The van der Waals surface area contributed by atoms with Crippen LogP contribution in [0.4, 0.5) is 5.82 Å². The summed E-state index contributed by atoms with van der Waals surface area (Å²) >= 11 is 0. The fraction of sp³-hybridized carbons (Fsp3) is 0.417. The lowest BCUT2D eigenvalue weighted by atomic mass is 9.89. The maximum Gasteiger partial charge on any atom is 0.274 e. The molecule has 1 atom stereocenters. The highest BCUT2D eigenvalue weighted by atomic mass is 16.5. The summed E-state index contributed by atoms with van der Waals surface area (Å²) in [6, 6.07) is 7.93. The molecule has 172 valence electrons. The number of carbonyl (C=O) groups is 1. The SMILES string of the molecule is CC1(C)Cc2c(-c3cccc(-c4cnc(N)c(C(=O)N[C@@H]5CNCCOC5)n4)c3)cnn2C1. The quantitative estimate of drug-likeness (QED) is 0.559. The number of aromatic nitrogens is 4. The number of nitrogens with one attached hydrogen (secondary N) is 2. The zero-order chi connectivity index (χ0) is 23.0. The van der Waals surface area contributed by atoms with Crippen LogP contribution in [0.1, 0.15) is 30.0 Å². The van der Waals surface area contributed by atoms with Crippen molar-refractivity contribution in [3.05, 3.63) is 48.0 Å². The summed E-state index contributed by atoms with van der Waals surface area (Å²) in [4.78, 5) is 21.7. The van der Waals surface area contributed by atoms with E-state index in [4.69, 9.17) is 10.5 Å². The molecule has 9 nitrogen and oxygen atoms in total. The molecule has 2 aliphatic rings. The first-order valence-electron chi connectivity index (χ1n) is 11.3. The number of benzene rings is 1. The van der Waals surface area contributed by atoms with Crippen molar-refractivity contribution >= 4 is 11.7 Å². The van der Waals surface area contributed by atoms with E-state index in [0.29, 0.717) is 25.5 Å². The van der Waals surface area contributed by atoms with E-state index >= 15 is 0 Å². The van der Waals surface area contributed by atoms with Crippen LogP contribution in [0.3, 0.4) is 0 Å². The van der Waals surface area contributed by atoms with Crippen LogP contribution in [0.2, 0.25) is 0 Å². The largest absolute Gasteiger partial charge is 0.382 e. The molecule has 1 saturated heterocycles. The van der Waals surface area contributed by atoms with E-state index in [0.717, 1.165) is 36.2 Å². The summed E-state index contributed by atoms with van der Waals surface area (Å²) < 4.78 is 7.61. The van der Waals surface area contributed by atoms with Gasteiger partial charge in [0.25, 0.3) is 5.91 Å². The molecule has 4 N–H and O–H groups in total. The Morgan fingerprint density at radius 2 is 2.15 bits per heavy atom. The van der Waals surface area contributed by atoms with Gasteiger partial charge in [0.05, 0.1) is 37.3 Å². The number of rotatable bonds is 4. The Hall–Kier alpha value is -3.30. The fourth-order valence-electron chi connectivity index (χ4n) is 4.49. The molecule has 9 heteroatoms. The minimum absolute atomic E-state index is 0.103. The number of nitrogens with two attached hydrogens (primary N) is 1. The first-order chi connectivity index (χ1) is 15.9. The number of hydrogen-bond donors (Lipinski definition) is 3. The topological polar surface area (TPSA) is 120 Å². The fourth-order valence-corrected chi connectivity index (χ4v) is 4.49. The van der Waals surface area contributed by atoms with E-state index in [9.17, 15) is 4.79 Å². The molecule has 0 aliphatic carbocycles. The molecule has 4 heterocycles. The maximum absolute atomic E-state index is 12.9. The monoisotopic (exact) mass is 447 g/mol. The van der Waals surface area contributed by atoms with Crippen molar-refractivity contribution < 1.29 is 9.53 Å². The number of nitrogen functional groups attached to an aromatic ring is 1. The molecule has 1 amide bonds. The summed E-state index contributed by atoms with van der Waals surface area (Å²) in [5.41, 5.74) is 11.2. The van der Waals surface area contributed by atoms with E-state index in [-0.39, 0.29) is 28.9 Å². The molecule has 0 radical (unpaired) electrons. The van der Waals surface area contributed by atoms with Crippen LogP contribution in [0.15, 0.2) is 36.7 Å². The van der Waals surface area contributed by atoms with Crippen molar-refractivity contribution in [3.63, 3.8) is 0 Å². The van der Waals surface area contributed by atoms with Crippen LogP contribution in [-0.4, -0.2) is 58.0 Å². The van der Waals surface area contributed by atoms with Crippen LogP contribution >= 0.6 is 0 Å². The Bertz CT molecular complexity index is 1180. The minimum Gasteiger partial charge on any atom is -0.382 e. The first-order valence-corrected chi connectivity index (χ1v) is 11.3. The normalized spacial score (nSPS) is 19.6. The van der Waals surface area contributed by atoms with Crippen LogP contribution < -0.4 is 16.4 Å². The predicted molar refractivity (Wildman–Crippen MR) is 126 cm³/mol. The molecule has 1 fully saturated rings. The zero-order valence-corrected chi connectivity index (χ0v) is 19.0. The second-order valence-electron chi connectivity index (χ2n) is 9.52. The maximum atomic E-state index is 12.9. The lowest BCUT2D eigenvalue weighted by Crippen LogP contribution is -2.43. The van der Waals surface area contributed by atoms with Crippen LogP contribution in [-0.2, 0) is 17.7 Å². The third-order valence-corrected chi connectivity index (χ3v) is 6.13. The van der Waals surface area contributed by atoms with Gasteiger partial charge in [0.2, 0.25) is 0 Å². The van der Waals surface area contributed by atoms with Gasteiger partial charge in [-0.15, -0.1) is 0 Å². The van der Waals surface area contributed by atoms with Gasteiger partial charge in [-0.2, -0.15) is 5.10 Å². The Kier molecular flexibility index (Phi) is 5.59. The van der Waals surface area contributed by atoms with Crippen molar-refractivity contribution in [1.82, 2.24) is 30.4 Å². The standard InChI is InChI=1S/C24H29N7O2/c1-24(2)9-20-18(11-28-31(20)14-24)15-4-3-5-16(8-15)19-12-27-22(25)21(30-19)23(32)29-17-10-26-6-7-33-13-17/h3-5,8,11-12,17,26H,6-7,9-10,13-14H2,1-2H3,(H2,25,27)(H,29,32)/t17-/m1/s1. The zero-order valence-electron chi connectivity index (χ0n) is 19.0. The van der Waals surface area contributed by atoms with Gasteiger partial charge in [-0.1, -0.05) is 32.0 Å². The van der Waals surface area contributed by atoms with Gasteiger partial charge >= 0.3 is 0 Å². The summed E-state index contributed by atoms with van der Waals surface area (Å²) in [5, 5.41) is 10.8. The molecule has 3 aromatic rings. The van der Waals surface area contributed by atoms with Gasteiger partial charge in [0.1, 0.15) is 0 Å². The summed E-state index contributed by atoms with van der Waals surface area (Å²) in [5.74, 6) is -0.251. The van der Waals surface area contributed by atoms with E-state index in [1.165, 1.54) is 5.69 Å². The van der Waals surface area contributed by atoms with Crippen molar-refractivity contribution in [2.24, 2.45) is 5.41 Å². The number of carbonyl (C=O) groups excluding carboxylic acids is 1. The molecule has 2 aromatic heterocycles. The summed E-state index contributed by atoms with van der Waals surface area (Å²) in [6.45, 7) is 7.90. The lowest BCUT2D eigenvalue weighted by Gasteiger charge is -2.16. The Balaban J connectivity index is 1.41. The molecular weight excluding hydrogens is 418 g/mol. The highest BCUT2D eigenvalue weighted by Gasteiger charge is 2.31. The number of amides is 1. The molecule has 0 bridgehead atoms. The molecule has 33 heavy (non-hydrogen) atoms. The van der Waals surface area contributed by atoms with Crippen LogP contribution in [0, 0.1) is 5.41 Å². The second kappa shape index (κ2) is 8.57. The van der Waals surface area contributed by atoms with Crippen molar-refractivity contribution in [2.45, 2.75) is 32.9 Å². The first kappa shape index (κ1) is 21.5. The minimum atomic E-state index is -0.355. The molecule has 0 saturated carbocycles. The molecule has 0 unspecified atom stereocenters. The predicted octanol–water partition coefficient (Wildman–Crippen LogP) is 1.89. The number of hydrogen-bond acceptors (Lipinski definition) is 7. The molecule has 2 aliphatic heterocycles. The average molecular weight is 448 g/mol. The van der Waals surface area contributed by atoms with Gasteiger partial charge in [0, 0.05) is 36.5 Å². The van der Waals surface area contributed by atoms with Crippen molar-refractivity contribution in [3.8, 4) is 22.4 Å². The molecule has 0 spiro atoms.